The van der Waals surface area contributed by atoms with Gasteiger partial charge in [0.25, 0.3) is 0 Å². The normalized spacial score (nSPS) is 10.5. The molecule has 0 spiro atoms. The molecule has 0 fully saturated rings. The lowest BCUT2D eigenvalue weighted by Crippen LogP contribution is -2.13. The molecular formula is C22H22FN5O2. The number of hydrogen-bond acceptors (Lipinski definition) is 6. The van der Waals surface area contributed by atoms with Crippen LogP contribution in [0.2, 0.25) is 0 Å². The molecule has 0 saturated carbocycles. The van der Waals surface area contributed by atoms with Gasteiger partial charge in [-0.1, -0.05) is 13.0 Å². The van der Waals surface area contributed by atoms with E-state index in [1.165, 1.54) is 12.1 Å². The van der Waals surface area contributed by atoms with Crippen LogP contribution in [0.1, 0.15) is 28.4 Å². The van der Waals surface area contributed by atoms with E-state index in [-0.39, 0.29) is 17.1 Å². The molecule has 7 nitrogen and oxygen atoms in total. The lowest BCUT2D eigenvalue weighted by Gasteiger charge is -2.13. The molecule has 0 saturated heterocycles. The summed E-state index contributed by atoms with van der Waals surface area (Å²) >= 11 is 0. The first kappa shape index (κ1) is 20.8. The zero-order valence-electron chi connectivity index (χ0n) is 16.6. The van der Waals surface area contributed by atoms with Gasteiger partial charge in [-0.2, -0.15) is 0 Å². The number of aromatic nitrogens is 1. The van der Waals surface area contributed by atoms with Crippen molar-refractivity contribution in [1.82, 2.24) is 4.98 Å². The Morgan fingerprint density at radius 1 is 1.23 bits per heavy atom. The summed E-state index contributed by atoms with van der Waals surface area (Å²) < 4.78 is 20.1. The van der Waals surface area contributed by atoms with E-state index < -0.39 is 11.7 Å². The molecule has 0 aliphatic carbocycles. The van der Waals surface area contributed by atoms with E-state index in [1.807, 2.05) is 13.0 Å². The van der Waals surface area contributed by atoms with Crippen LogP contribution >= 0.6 is 0 Å². The summed E-state index contributed by atoms with van der Waals surface area (Å²) in [4.78, 5) is 15.9. The molecule has 1 aromatic heterocycles. The Kier molecular flexibility index (Phi) is 5.96. The second kappa shape index (κ2) is 8.60. The van der Waals surface area contributed by atoms with Gasteiger partial charge >= 0.3 is 0 Å². The molecule has 0 unspecified atom stereocenters. The highest BCUT2D eigenvalue weighted by Crippen LogP contribution is 2.32. The maximum atomic E-state index is 14.3. The molecule has 3 aromatic rings. The Hall–Kier alpha value is -3.94. The van der Waals surface area contributed by atoms with Gasteiger partial charge in [-0.25, -0.2) is 9.37 Å². The predicted molar refractivity (Wildman–Crippen MR) is 116 cm³/mol. The van der Waals surface area contributed by atoms with Crippen molar-refractivity contribution >= 4 is 23.6 Å². The third kappa shape index (κ3) is 4.22. The minimum absolute atomic E-state index is 0.140. The number of ether oxygens (including phenoxy) is 1. The van der Waals surface area contributed by atoms with Crippen LogP contribution in [0.25, 0.3) is 11.3 Å². The van der Waals surface area contributed by atoms with E-state index >= 15 is 0 Å². The van der Waals surface area contributed by atoms with Gasteiger partial charge in [0.1, 0.15) is 23.1 Å². The Bertz CT molecular complexity index is 1130. The second-order valence-corrected chi connectivity index (χ2v) is 6.57. The number of anilines is 2. The third-order valence-corrected chi connectivity index (χ3v) is 4.62. The average Bonchev–Trinajstić information content (AvgIpc) is 2.72. The summed E-state index contributed by atoms with van der Waals surface area (Å²) in [5.74, 6) is -0.219. The fourth-order valence-corrected chi connectivity index (χ4v) is 3.16. The van der Waals surface area contributed by atoms with Gasteiger partial charge in [0, 0.05) is 54.3 Å². The molecular weight excluding hydrogens is 385 g/mol. The number of aryl methyl sites for hydroxylation is 1. The fraction of sp³-hybridized carbons (Fsp3) is 0.136. The van der Waals surface area contributed by atoms with Crippen LogP contribution in [-0.2, 0) is 6.42 Å². The molecule has 30 heavy (non-hydrogen) atoms. The van der Waals surface area contributed by atoms with Crippen molar-refractivity contribution in [2.45, 2.75) is 13.3 Å². The molecule has 2 aromatic carbocycles. The monoisotopic (exact) mass is 407 g/mol. The minimum Gasteiger partial charge on any atom is -0.457 e. The highest BCUT2D eigenvalue weighted by molar-refractivity contribution is 5.95. The Morgan fingerprint density at radius 2 is 1.97 bits per heavy atom. The van der Waals surface area contributed by atoms with Crippen LogP contribution in [0.15, 0.2) is 42.5 Å². The zero-order valence-corrected chi connectivity index (χ0v) is 16.6. The van der Waals surface area contributed by atoms with Gasteiger partial charge in [0.05, 0.1) is 11.3 Å². The topological polar surface area (TPSA) is 127 Å². The first-order valence-electron chi connectivity index (χ1n) is 9.26. The molecule has 1 heterocycles. The summed E-state index contributed by atoms with van der Waals surface area (Å²) in [5, 5.41) is 10.2. The number of rotatable bonds is 7. The number of amides is 1. The van der Waals surface area contributed by atoms with Crippen LogP contribution in [0.5, 0.6) is 11.5 Å². The number of nitrogen functional groups attached to an aromatic ring is 1. The number of nitrogens with zero attached hydrogens (tertiary/aromatic N) is 1. The average molecular weight is 407 g/mol. The van der Waals surface area contributed by atoms with E-state index in [0.29, 0.717) is 29.1 Å². The number of nitrogens with two attached hydrogens (primary N) is 2. The van der Waals surface area contributed by atoms with Gasteiger partial charge < -0.3 is 26.9 Å². The molecule has 0 radical (unpaired) electrons. The van der Waals surface area contributed by atoms with E-state index in [1.54, 1.807) is 31.3 Å². The van der Waals surface area contributed by atoms with Crippen LogP contribution in [0.3, 0.4) is 0 Å². The lowest BCUT2D eigenvalue weighted by atomic mass is 9.99. The second-order valence-electron chi connectivity index (χ2n) is 6.57. The molecule has 6 N–H and O–H groups in total. The maximum absolute atomic E-state index is 14.3. The number of primary amides is 1. The smallest absolute Gasteiger partial charge is 0.248 e. The first-order chi connectivity index (χ1) is 14.4. The van der Waals surface area contributed by atoms with Crippen LogP contribution in [0.4, 0.5) is 15.9 Å². The quantitative estimate of drug-likeness (QED) is 0.441. The van der Waals surface area contributed by atoms with Gasteiger partial charge in [-0.05, 0) is 24.1 Å². The van der Waals surface area contributed by atoms with Crippen molar-refractivity contribution in [3.05, 3.63) is 65.0 Å². The predicted octanol–water partition coefficient (Wildman–Crippen LogP) is 3.96. The van der Waals surface area contributed by atoms with Gasteiger partial charge in [0.15, 0.2) is 0 Å². The van der Waals surface area contributed by atoms with Gasteiger partial charge in [-0.15, -0.1) is 0 Å². The van der Waals surface area contributed by atoms with Crippen LogP contribution in [-0.4, -0.2) is 24.2 Å². The number of nitrogens with one attached hydrogen (secondary N) is 2. The number of carbonyl (C=O) groups is 1. The minimum atomic E-state index is -0.580. The summed E-state index contributed by atoms with van der Waals surface area (Å²) in [7, 11) is 1.63. The number of pyridine rings is 1. The SMILES string of the molecule is CCc1cc(-c2cc(Oc3cc(F)c(C=N)c(NC)c3)cc(N)n2)ccc1C(N)=O. The summed E-state index contributed by atoms with van der Waals surface area (Å²) in [6.07, 6.45) is 1.57. The lowest BCUT2D eigenvalue weighted by molar-refractivity contribution is 0.0999. The van der Waals surface area contributed by atoms with Crippen molar-refractivity contribution in [2.24, 2.45) is 5.73 Å². The van der Waals surface area contributed by atoms with Crippen molar-refractivity contribution in [3.63, 3.8) is 0 Å². The van der Waals surface area contributed by atoms with Crippen molar-refractivity contribution in [3.8, 4) is 22.8 Å². The molecule has 0 aliphatic heterocycles. The van der Waals surface area contributed by atoms with E-state index in [2.05, 4.69) is 10.3 Å². The van der Waals surface area contributed by atoms with Crippen molar-refractivity contribution < 1.29 is 13.9 Å². The number of hydrogen-bond donors (Lipinski definition) is 4. The molecule has 0 bridgehead atoms. The van der Waals surface area contributed by atoms with E-state index in [4.69, 9.17) is 21.6 Å². The van der Waals surface area contributed by atoms with Gasteiger partial charge in [-0.3, -0.25) is 4.79 Å². The van der Waals surface area contributed by atoms with Gasteiger partial charge in [0.2, 0.25) is 5.91 Å². The summed E-state index contributed by atoms with van der Waals surface area (Å²) in [5.41, 5.74) is 14.5. The molecule has 154 valence electrons. The standard InChI is InChI=1S/C22H22FN5O2/c1-3-12-6-13(4-5-16(12)22(26)29)19-8-15(10-21(25)28-19)30-14-7-18(23)17(11-24)20(9-14)27-2/h4-11,24,27H,3H2,1-2H3,(H2,25,28)(H2,26,29). The molecule has 0 atom stereocenters. The Morgan fingerprint density at radius 3 is 2.60 bits per heavy atom. The third-order valence-electron chi connectivity index (χ3n) is 4.62. The van der Waals surface area contributed by atoms with E-state index in [0.717, 1.165) is 17.3 Å². The fourth-order valence-electron chi connectivity index (χ4n) is 3.16. The molecule has 8 heteroatoms. The Labute approximate surface area is 173 Å². The van der Waals surface area contributed by atoms with Crippen LogP contribution in [0, 0.1) is 11.2 Å². The summed E-state index contributed by atoms with van der Waals surface area (Å²) in [6, 6.07) is 11.2. The largest absolute Gasteiger partial charge is 0.457 e. The highest BCUT2D eigenvalue weighted by Gasteiger charge is 2.13. The Balaban J connectivity index is 2.00. The molecule has 3 rings (SSSR count). The van der Waals surface area contributed by atoms with E-state index in [9.17, 15) is 9.18 Å². The van der Waals surface area contributed by atoms with Crippen molar-refractivity contribution in [2.75, 3.05) is 18.1 Å². The van der Waals surface area contributed by atoms with Crippen molar-refractivity contribution in [1.29, 1.82) is 5.41 Å². The first-order valence-corrected chi connectivity index (χ1v) is 9.26. The van der Waals surface area contributed by atoms with Crippen LogP contribution < -0.4 is 21.5 Å². The summed E-state index contributed by atoms with van der Waals surface area (Å²) in [6.45, 7) is 1.93. The molecule has 0 aliphatic rings. The number of carbonyl (C=O) groups excluding carboxylic acids is 1. The maximum Gasteiger partial charge on any atom is 0.248 e. The zero-order chi connectivity index (χ0) is 21.8. The number of halogens is 1. The number of benzene rings is 2. The molecule has 1 amide bonds. The highest BCUT2D eigenvalue weighted by atomic mass is 19.1.